The third-order valence-corrected chi connectivity index (χ3v) is 4.14. The number of nitrogens with zero attached hydrogens (tertiary/aromatic N) is 2. The number of hydrogen-bond acceptors (Lipinski definition) is 3. The molecule has 1 aliphatic carbocycles. The molecule has 3 unspecified atom stereocenters. The maximum absolute atomic E-state index is 12.2. The van der Waals surface area contributed by atoms with Crippen LogP contribution in [-0.2, 0) is 9.59 Å². The Morgan fingerprint density at radius 1 is 1.35 bits per heavy atom. The van der Waals surface area contributed by atoms with Gasteiger partial charge in [0.15, 0.2) is 0 Å². The van der Waals surface area contributed by atoms with Gasteiger partial charge < -0.3 is 4.98 Å². The van der Waals surface area contributed by atoms with Gasteiger partial charge in [-0.3, -0.25) is 14.5 Å². The van der Waals surface area contributed by atoms with Gasteiger partial charge in [0, 0.05) is 12.4 Å². The molecule has 1 aromatic rings. The smallest absolute Gasteiger partial charge is 0.234 e. The second-order valence-electron chi connectivity index (χ2n) is 5.47. The van der Waals surface area contributed by atoms with Crippen LogP contribution in [0.3, 0.4) is 0 Å². The molecule has 2 fully saturated rings. The monoisotopic (exact) mass is 233 g/mol. The van der Waals surface area contributed by atoms with Crippen LogP contribution in [0.2, 0.25) is 0 Å². The molecular formula is C12H15N3O2. The molecule has 17 heavy (non-hydrogen) atoms. The van der Waals surface area contributed by atoms with Crippen molar-refractivity contribution < 1.29 is 9.59 Å². The standard InChI is InChI=1S/C12H15N3O2/c1-6(9-13-4-5-14-9)15-10(16)7-8(11(15)17)12(7,2)3/h4-8H,1-3H3,(H,13,14). The van der Waals surface area contributed by atoms with Crippen LogP contribution in [-0.4, -0.2) is 26.7 Å². The van der Waals surface area contributed by atoms with E-state index in [1.807, 2.05) is 20.8 Å². The second-order valence-corrected chi connectivity index (χ2v) is 5.47. The van der Waals surface area contributed by atoms with Crippen LogP contribution in [0.5, 0.6) is 0 Å². The lowest BCUT2D eigenvalue weighted by Crippen LogP contribution is -2.38. The minimum atomic E-state index is -0.298. The molecule has 0 radical (unpaired) electrons. The molecule has 1 aromatic heterocycles. The molecular weight excluding hydrogens is 218 g/mol. The van der Waals surface area contributed by atoms with Gasteiger partial charge >= 0.3 is 0 Å². The average molecular weight is 233 g/mol. The number of piperidine rings is 1. The van der Waals surface area contributed by atoms with Crippen molar-refractivity contribution in [2.24, 2.45) is 17.3 Å². The molecule has 2 heterocycles. The van der Waals surface area contributed by atoms with Gasteiger partial charge in [-0.2, -0.15) is 0 Å². The van der Waals surface area contributed by atoms with Gasteiger partial charge in [0.1, 0.15) is 5.82 Å². The lowest BCUT2D eigenvalue weighted by Gasteiger charge is -2.25. The molecule has 1 N–H and O–H groups in total. The Bertz CT molecular complexity index is 468. The molecule has 3 rings (SSSR count). The number of aromatic amines is 1. The fourth-order valence-corrected chi connectivity index (χ4v) is 2.98. The van der Waals surface area contributed by atoms with Crippen LogP contribution in [0.1, 0.15) is 32.6 Å². The summed E-state index contributed by atoms with van der Waals surface area (Å²) in [5.74, 6) is 0.327. The molecule has 3 atom stereocenters. The van der Waals surface area contributed by atoms with Crippen molar-refractivity contribution in [1.29, 1.82) is 0 Å². The summed E-state index contributed by atoms with van der Waals surface area (Å²) in [6.45, 7) is 5.78. The Morgan fingerprint density at radius 2 is 1.94 bits per heavy atom. The highest BCUT2D eigenvalue weighted by molar-refractivity contribution is 6.10. The van der Waals surface area contributed by atoms with E-state index in [9.17, 15) is 9.59 Å². The van der Waals surface area contributed by atoms with Gasteiger partial charge in [0.05, 0.1) is 17.9 Å². The van der Waals surface area contributed by atoms with Crippen LogP contribution in [0.25, 0.3) is 0 Å². The second kappa shape index (κ2) is 2.97. The summed E-state index contributed by atoms with van der Waals surface area (Å²) in [5.41, 5.74) is -0.145. The Labute approximate surface area is 99.2 Å². The molecule has 0 aromatic carbocycles. The van der Waals surface area contributed by atoms with Gasteiger partial charge in [0.25, 0.3) is 0 Å². The van der Waals surface area contributed by atoms with E-state index in [0.29, 0.717) is 5.82 Å². The average Bonchev–Trinajstić information content (AvgIpc) is 2.68. The maximum Gasteiger partial charge on any atom is 0.234 e. The number of carbonyl (C=O) groups is 2. The summed E-state index contributed by atoms with van der Waals surface area (Å²) in [4.78, 5) is 32.8. The van der Waals surface area contributed by atoms with E-state index < -0.39 is 0 Å². The molecule has 1 saturated heterocycles. The van der Waals surface area contributed by atoms with E-state index in [1.165, 1.54) is 4.90 Å². The summed E-state index contributed by atoms with van der Waals surface area (Å²) >= 11 is 0. The first-order chi connectivity index (χ1) is 7.96. The highest BCUT2D eigenvalue weighted by Crippen LogP contribution is 2.64. The van der Waals surface area contributed by atoms with E-state index in [2.05, 4.69) is 9.97 Å². The SMILES string of the molecule is CC(c1ncc[nH]1)N1C(=O)C2C(C1=O)C2(C)C. The summed E-state index contributed by atoms with van der Waals surface area (Å²) in [6.07, 6.45) is 3.32. The van der Waals surface area contributed by atoms with E-state index in [1.54, 1.807) is 12.4 Å². The third kappa shape index (κ3) is 1.16. The van der Waals surface area contributed by atoms with Crippen LogP contribution in [0, 0.1) is 17.3 Å². The minimum Gasteiger partial charge on any atom is -0.347 e. The van der Waals surface area contributed by atoms with Gasteiger partial charge in [-0.25, -0.2) is 4.98 Å². The molecule has 90 valence electrons. The Balaban J connectivity index is 1.88. The van der Waals surface area contributed by atoms with Crippen molar-refractivity contribution in [3.05, 3.63) is 18.2 Å². The number of carbonyl (C=O) groups excluding carboxylic acids is 2. The number of hydrogen-bond donors (Lipinski definition) is 1. The fourth-order valence-electron chi connectivity index (χ4n) is 2.98. The number of likely N-dealkylation sites (tertiary alicyclic amines) is 1. The number of aromatic nitrogens is 2. The number of rotatable bonds is 2. The van der Waals surface area contributed by atoms with E-state index >= 15 is 0 Å². The highest BCUT2D eigenvalue weighted by atomic mass is 16.2. The zero-order valence-electron chi connectivity index (χ0n) is 10.1. The Morgan fingerprint density at radius 3 is 2.41 bits per heavy atom. The van der Waals surface area contributed by atoms with Crippen LogP contribution in [0.4, 0.5) is 0 Å². The summed E-state index contributed by atoms with van der Waals surface area (Å²) in [5, 5.41) is 0. The van der Waals surface area contributed by atoms with Crippen molar-refractivity contribution >= 4 is 11.8 Å². The van der Waals surface area contributed by atoms with Gasteiger partial charge in [-0.05, 0) is 12.3 Å². The first-order valence-electron chi connectivity index (χ1n) is 5.82. The van der Waals surface area contributed by atoms with Crippen molar-refractivity contribution in [2.75, 3.05) is 0 Å². The summed E-state index contributed by atoms with van der Waals surface area (Å²) < 4.78 is 0. The lowest BCUT2D eigenvalue weighted by molar-refractivity contribution is -0.145. The van der Waals surface area contributed by atoms with Gasteiger partial charge in [-0.1, -0.05) is 13.8 Å². The van der Waals surface area contributed by atoms with Crippen LogP contribution < -0.4 is 0 Å². The highest BCUT2D eigenvalue weighted by Gasteiger charge is 2.73. The summed E-state index contributed by atoms with van der Waals surface area (Å²) in [7, 11) is 0. The Kier molecular flexibility index (Phi) is 1.83. The number of H-pyrrole nitrogens is 1. The molecule has 2 aliphatic rings. The zero-order chi connectivity index (χ0) is 12.4. The minimum absolute atomic E-state index is 0.0473. The third-order valence-electron chi connectivity index (χ3n) is 4.14. The normalized spacial score (nSPS) is 31.6. The fraction of sp³-hybridized carbons (Fsp3) is 0.583. The number of fused-ring (bicyclic) bond motifs is 1. The largest absolute Gasteiger partial charge is 0.347 e. The zero-order valence-corrected chi connectivity index (χ0v) is 10.1. The van der Waals surface area contributed by atoms with E-state index in [0.717, 1.165) is 0 Å². The molecule has 1 saturated carbocycles. The van der Waals surface area contributed by atoms with E-state index in [-0.39, 0.29) is 35.1 Å². The maximum atomic E-state index is 12.2. The number of amides is 2. The summed E-state index contributed by atoms with van der Waals surface area (Å²) in [6, 6.07) is -0.298. The topological polar surface area (TPSA) is 66.1 Å². The Hall–Kier alpha value is -1.65. The molecule has 1 aliphatic heterocycles. The van der Waals surface area contributed by atoms with Crippen LogP contribution >= 0.6 is 0 Å². The van der Waals surface area contributed by atoms with Crippen molar-refractivity contribution in [1.82, 2.24) is 14.9 Å². The number of imide groups is 1. The predicted molar refractivity (Wildman–Crippen MR) is 59.6 cm³/mol. The van der Waals surface area contributed by atoms with E-state index in [4.69, 9.17) is 0 Å². The quantitative estimate of drug-likeness (QED) is 0.778. The molecule has 5 nitrogen and oxygen atoms in total. The molecule has 2 amide bonds. The first kappa shape index (κ1) is 10.5. The molecule has 0 spiro atoms. The van der Waals surface area contributed by atoms with Crippen molar-refractivity contribution in [2.45, 2.75) is 26.8 Å². The van der Waals surface area contributed by atoms with Crippen LogP contribution in [0.15, 0.2) is 12.4 Å². The first-order valence-corrected chi connectivity index (χ1v) is 5.82. The predicted octanol–water partition coefficient (Wildman–Crippen LogP) is 1.11. The lowest BCUT2D eigenvalue weighted by atomic mass is 10.0. The molecule has 5 heteroatoms. The number of nitrogens with one attached hydrogen (secondary N) is 1. The van der Waals surface area contributed by atoms with Gasteiger partial charge in [0.2, 0.25) is 11.8 Å². The van der Waals surface area contributed by atoms with Gasteiger partial charge in [-0.15, -0.1) is 0 Å². The number of imidazole rings is 1. The van der Waals surface area contributed by atoms with Crippen molar-refractivity contribution in [3.8, 4) is 0 Å². The van der Waals surface area contributed by atoms with Crippen molar-refractivity contribution in [3.63, 3.8) is 0 Å². The molecule has 0 bridgehead atoms.